The van der Waals surface area contributed by atoms with Crippen molar-refractivity contribution < 1.29 is 9.84 Å². The van der Waals surface area contributed by atoms with Crippen molar-refractivity contribution in [3.8, 4) is 5.75 Å². The zero-order chi connectivity index (χ0) is 23.5. The first-order valence-corrected chi connectivity index (χ1v) is 11.5. The number of benzene rings is 1. The van der Waals surface area contributed by atoms with Gasteiger partial charge < -0.3 is 20.9 Å². The summed E-state index contributed by atoms with van der Waals surface area (Å²) in [4.78, 5) is 10.9. The van der Waals surface area contributed by atoms with Gasteiger partial charge in [0.1, 0.15) is 24.2 Å². The third-order valence-electron chi connectivity index (χ3n) is 5.95. The first-order valence-electron chi connectivity index (χ1n) is 11.1. The number of likely N-dealkylation sites (tertiary alicyclic amines) is 1. The van der Waals surface area contributed by atoms with Crippen LogP contribution in [0.3, 0.4) is 0 Å². The highest BCUT2D eigenvalue weighted by molar-refractivity contribution is 6.32. The van der Waals surface area contributed by atoms with Crippen LogP contribution < -0.4 is 15.8 Å². The van der Waals surface area contributed by atoms with Crippen molar-refractivity contribution in [2.45, 2.75) is 31.7 Å². The van der Waals surface area contributed by atoms with E-state index in [1.807, 2.05) is 42.6 Å². The summed E-state index contributed by atoms with van der Waals surface area (Å²) >= 11 is 6.48. The predicted molar refractivity (Wildman–Crippen MR) is 130 cm³/mol. The summed E-state index contributed by atoms with van der Waals surface area (Å²) in [6.45, 7) is 2.39. The van der Waals surface area contributed by atoms with Crippen LogP contribution in [0.1, 0.15) is 17.7 Å². The summed E-state index contributed by atoms with van der Waals surface area (Å²) in [6, 6.07) is 13.1. The topological polar surface area (TPSA) is 114 Å². The number of nitrogens with two attached hydrogens (primary N) is 1. The van der Waals surface area contributed by atoms with E-state index < -0.39 is 6.10 Å². The Morgan fingerprint density at radius 2 is 2.12 bits per heavy atom. The van der Waals surface area contributed by atoms with Gasteiger partial charge in [-0.05, 0) is 48.4 Å². The number of hydrogen-bond acceptors (Lipinski definition) is 8. The Bertz CT molecular complexity index is 1270. The number of piperidine rings is 1. The molecule has 0 saturated carbocycles. The number of aliphatic hydroxyl groups is 1. The van der Waals surface area contributed by atoms with Crippen LogP contribution in [0.4, 0.5) is 11.5 Å². The molecular formula is C24H26ClN7O2. The maximum atomic E-state index is 10.2. The molecule has 4 heterocycles. The molecule has 34 heavy (non-hydrogen) atoms. The first-order chi connectivity index (χ1) is 16.6. The average molecular weight is 480 g/mol. The first kappa shape index (κ1) is 22.5. The lowest BCUT2D eigenvalue weighted by Gasteiger charge is -2.33. The van der Waals surface area contributed by atoms with Gasteiger partial charge in [0.05, 0.1) is 16.8 Å². The minimum absolute atomic E-state index is 0.164. The van der Waals surface area contributed by atoms with E-state index in [2.05, 4.69) is 25.3 Å². The fourth-order valence-electron chi connectivity index (χ4n) is 4.10. The molecule has 0 unspecified atom stereocenters. The van der Waals surface area contributed by atoms with E-state index in [0.29, 0.717) is 36.3 Å². The minimum atomic E-state index is -0.517. The lowest BCUT2D eigenvalue weighted by Crippen LogP contribution is -2.50. The smallest absolute Gasteiger partial charge is 0.158 e. The SMILES string of the molecule is N[C@@H]1CCN(Cc2ccn3ncnc(Nc4ccc(OCc5ccccn5)c(Cl)c4)c23)C[C@H]1O. The van der Waals surface area contributed by atoms with Crippen molar-refractivity contribution in [1.29, 1.82) is 0 Å². The van der Waals surface area contributed by atoms with Crippen LogP contribution >= 0.6 is 11.6 Å². The van der Waals surface area contributed by atoms with Crippen molar-refractivity contribution >= 4 is 28.6 Å². The van der Waals surface area contributed by atoms with Crippen LogP contribution in [0.25, 0.3) is 5.52 Å². The Hall–Kier alpha value is -3.24. The van der Waals surface area contributed by atoms with Gasteiger partial charge in [-0.2, -0.15) is 5.10 Å². The summed E-state index contributed by atoms with van der Waals surface area (Å²) in [7, 11) is 0. The highest BCUT2D eigenvalue weighted by Gasteiger charge is 2.25. The van der Waals surface area contributed by atoms with Gasteiger partial charge in [0, 0.05) is 43.8 Å². The van der Waals surface area contributed by atoms with Gasteiger partial charge in [-0.15, -0.1) is 0 Å². The quantitative estimate of drug-likeness (QED) is 0.370. The van der Waals surface area contributed by atoms with Gasteiger partial charge in [-0.25, -0.2) is 9.50 Å². The Labute approximate surface area is 202 Å². The molecule has 0 radical (unpaired) electrons. The molecule has 1 saturated heterocycles. The van der Waals surface area contributed by atoms with Crippen LogP contribution in [-0.4, -0.2) is 54.8 Å². The van der Waals surface area contributed by atoms with Gasteiger partial charge in [0.15, 0.2) is 5.82 Å². The number of nitrogens with zero attached hydrogens (tertiary/aromatic N) is 5. The Balaban J connectivity index is 1.32. The van der Waals surface area contributed by atoms with Crippen LogP contribution in [0.5, 0.6) is 5.75 Å². The highest BCUT2D eigenvalue weighted by atomic mass is 35.5. The normalized spacial score (nSPS) is 18.8. The summed E-state index contributed by atoms with van der Waals surface area (Å²) in [5.41, 5.74) is 9.49. The Kier molecular flexibility index (Phi) is 6.59. The summed E-state index contributed by atoms with van der Waals surface area (Å²) in [5, 5.41) is 18.3. The Morgan fingerprint density at radius 1 is 1.21 bits per heavy atom. The molecule has 2 atom stereocenters. The Morgan fingerprint density at radius 3 is 2.91 bits per heavy atom. The number of fused-ring (bicyclic) bond motifs is 1. The molecule has 10 heteroatoms. The maximum absolute atomic E-state index is 10.2. The molecule has 9 nitrogen and oxygen atoms in total. The molecule has 5 rings (SSSR count). The van der Waals surface area contributed by atoms with Gasteiger partial charge in [0.2, 0.25) is 0 Å². The number of aromatic nitrogens is 4. The third kappa shape index (κ3) is 4.97. The molecule has 176 valence electrons. The van der Waals surface area contributed by atoms with E-state index in [-0.39, 0.29) is 6.04 Å². The molecule has 0 amide bonds. The molecule has 1 fully saturated rings. The average Bonchev–Trinajstić information content (AvgIpc) is 3.25. The van der Waals surface area contributed by atoms with E-state index in [4.69, 9.17) is 22.1 Å². The van der Waals surface area contributed by atoms with E-state index in [1.54, 1.807) is 16.8 Å². The van der Waals surface area contributed by atoms with Crippen molar-refractivity contribution in [3.63, 3.8) is 0 Å². The molecule has 1 aliphatic heterocycles. The third-order valence-corrected chi connectivity index (χ3v) is 6.24. The number of anilines is 2. The van der Waals surface area contributed by atoms with Crippen molar-refractivity contribution in [2.24, 2.45) is 5.73 Å². The van der Waals surface area contributed by atoms with Crippen molar-refractivity contribution in [1.82, 2.24) is 24.5 Å². The van der Waals surface area contributed by atoms with E-state index in [0.717, 1.165) is 35.4 Å². The lowest BCUT2D eigenvalue weighted by atomic mass is 10.0. The van der Waals surface area contributed by atoms with E-state index >= 15 is 0 Å². The predicted octanol–water partition coefficient (Wildman–Crippen LogP) is 2.99. The molecule has 4 N–H and O–H groups in total. The number of nitrogens with one attached hydrogen (secondary N) is 1. The summed E-state index contributed by atoms with van der Waals surface area (Å²) in [6.07, 6.45) is 5.40. The lowest BCUT2D eigenvalue weighted by molar-refractivity contribution is 0.0501. The number of aliphatic hydroxyl groups excluding tert-OH is 1. The van der Waals surface area contributed by atoms with Crippen molar-refractivity contribution in [2.75, 3.05) is 18.4 Å². The number of hydrogen-bond donors (Lipinski definition) is 3. The number of ether oxygens (including phenoxy) is 1. The van der Waals surface area contributed by atoms with Gasteiger partial charge in [0.25, 0.3) is 0 Å². The monoisotopic (exact) mass is 479 g/mol. The number of β-amino-alcohol motifs (C(OH)–C–C–N with tert-alkyl or cyclic N) is 1. The van der Waals surface area contributed by atoms with Crippen LogP contribution in [-0.2, 0) is 13.2 Å². The van der Waals surface area contributed by atoms with E-state index in [1.165, 1.54) is 6.33 Å². The molecule has 1 aliphatic rings. The molecule has 0 bridgehead atoms. The zero-order valence-electron chi connectivity index (χ0n) is 18.5. The summed E-state index contributed by atoms with van der Waals surface area (Å²) < 4.78 is 7.61. The highest BCUT2D eigenvalue weighted by Crippen LogP contribution is 2.31. The number of pyridine rings is 1. The molecular weight excluding hydrogens is 454 g/mol. The van der Waals surface area contributed by atoms with Gasteiger partial charge in [-0.1, -0.05) is 17.7 Å². The minimum Gasteiger partial charge on any atom is -0.486 e. The number of rotatable bonds is 7. The second-order valence-corrected chi connectivity index (χ2v) is 8.78. The molecule has 0 aliphatic carbocycles. The fraction of sp³-hybridized carbons (Fsp3) is 0.292. The zero-order valence-corrected chi connectivity index (χ0v) is 19.3. The van der Waals surface area contributed by atoms with Gasteiger partial charge >= 0.3 is 0 Å². The second kappa shape index (κ2) is 9.94. The molecule has 1 aromatic carbocycles. The standard InChI is InChI=1S/C24H26ClN7O2/c25-19-11-17(4-5-22(19)34-14-18-3-1-2-8-27-18)30-24-23-16(6-10-32(23)29-15-28-24)12-31-9-7-20(26)21(33)13-31/h1-6,8,10-11,15,20-21,33H,7,9,12-14,26H2,(H,28,29,30)/t20-,21-/m1/s1. The summed E-state index contributed by atoms with van der Waals surface area (Å²) in [5.74, 6) is 1.25. The van der Waals surface area contributed by atoms with Gasteiger partial charge in [-0.3, -0.25) is 9.88 Å². The fourth-order valence-corrected chi connectivity index (χ4v) is 4.34. The van der Waals surface area contributed by atoms with Crippen LogP contribution in [0, 0.1) is 0 Å². The molecule has 3 aromatic heterocycles. The maximum Gasteiger partial charge on any atom is 0.158 e. The molecule has 4 aromatic rings. The van der Waals surface area contributed by atoms with E-state index in [9.17, 15) is 5.11 Å². The van der Waals surface area contributed by atoms with Crippen molar-refractivity contribution in [3.05, 3.63) is 77.5 Å². The number of halogens is 1. The second-order valence-electron chi connectivity index (χ2n) is 8.38. The molecule has 0 spiro atoms. The largest absolute Gasteiger partial charge is 0.486 e. The van der Waals surface area contributed by atoms with Crippen LogP contribution in [0.2, 0.25) is 5.02 Å². The van der Waals surface area contributed by atoms with Crippen LogP contribution in [0.15, 0.2) is 61.2 Å².